The van der Waals surface area contributed by atoms with Gasteiger partial charge in [-0.3, -0.25) is 0 Å². The average Bonchev–Trinajstić information content (AvgIpc) is 3.69. The summed E-state index contributed by atoms with van der Waals surface area (Å²) in [5.74, 6) is 0. The Bertz CT molecular complexity index is 3340. The lowest BCUT2D eigenvalue weighted by Crippen LogP contribution is -2.15. The van der Waals surface area contributed by atoms with Crippen LogP contribution in [-0.4, -0.2) is 0 Å². The lowest BCUT2D eigenvalue weighted by atomic mass is 9.80. The van der Waals surface area contributed by atoms with Crippen molar-refractivity contribution in [2.75, 3.05) is 0 Å². The van der Waals surface area contributed by atoms with Crippen LogP contribution >= 0.6 is 11.3 Å². The molecule has 252 valence electrons. The molecule has 0 atom stereocenters. The topological polar surface area (TPSA) is 0 Å². The third-order valence-electron chi connectivity index (χ3n) is 12.4. The van der Waals surface area contributed by atoms with Gasteiger partial charge in [-0.05, 0) is 141 Å². The number of benzene rings is 10. The van der Waals surface area contributed by atoms with E-state index in [0.717, 1.165) is 0 Å². The molecule has 1 aliphatic rings. The summed E-state index contributed by atoms with van der Waals surface area (Å²) >= 11 is 1.89. The molecule has 54 heavy (non-hydrogen) atoms. The molecular weight excluding hydrogens is 669 g/mol. The van der Waals surface area contributed by atoms with E-state index in [-0.39, 0.29) is 5.41 Å². The molecule has 0 bridgehead atoms. The van der Waals surface area contributed by atoms with Crippen LogP contribution in [-0.2, 0) is 5.41 Å². The van der Waals surface area contributed by atoms with Gasteiger partial charge in [0.25, 0.3) is 0 Å². The second-order valence-corrected chi connectivity index (χ2v) is 16.8. The lowest BCUT2D eigenvalue weighted by Gasteiger charge is -2.23. The molecule has 0 nitrogen and oxygen atoms in total. The SMILES string of the molecule is CC1(C)c2cc(-c3ccc4sc5ccc(-c6ccc7ccccc7c6)cc5c4c3)ccc2-c2ccc(-c3ccc4ccc5cccc6ccc3c4c56)cc21. The van der Waals surface area contributed by atoms with Crippen molar-refractivity contribution < 1.29 is 0 Å². The summed E-state index contributed by atoms with van der Waals surface area (Å²) in [5.41, 5.74) is 13.0. The van der Waals surface area contributed by atoms with Gasteiger partial charge in [0.1, 0.15) is 0 Å². The summed E-state index contributed by atoms with van der Waals surface area (Å²) in [4.78, 5) is 0. The molecule has 0 saturated carbocycles. The van der Waals surface area contributed by atoms with Crippen molar-refractivity contribution in [2.24, 2.45) is 0 Å². The van der Waals surface area contributed by atoms with E-state index >= 15 is 0 Å². The number of hydrogen-bond acceptors (Lipinski definition) is 1. The maximum absolute atomic E-state index is 2.47. The molecule has 12 rings (SSSR count). The van der Waals surface area contributed by atoms with E-state index in [1.54, 1.807) is 0 Å². The summed E-state index contributed by atoms with van der Waals surface area (Å²) in [5, 5.41) is 13.2. The molecule has 1 heterocycles. The highest BCUT2D eigenvalue weighted by atomic mass is 32.1. The zero-order valence-electron chi connectivity index (χ0n) is 30.1. The number of rotatable bonds is 3. The molecule has 0 spiro atoms. The quantitative estimate of drug-likeness (QED) is 0.161. The lowest BCUT2D eigenvalue weighted by molar-refractivity contribution is 0.661. The van der Waals surface area contributed by atoms with E-state index in [2.05, 4.69) is 184 Å². The second-order valence-electron chi connectivity index (χ2n) is 15.7. The normalized spacial score (nSPS) is 13.5. The Morgan fingerprint density at radius 2 is 0.815 bits per heavy atom. The molecule has 0 fully saturated rings. The standard InChI is InChI=1S/C53H34S/c1-53(2)47-29-39(38-19-25-50-46(28-38)45-27-37(18-24-49(45)54-50)36-13-10-31-6-3-4-7-35(31)26-36)16-21-42(47)43-22-17-40(30-48(43)53)41-20-14-34-12-11-32-8-5-9-33-15-23-44(41)52(34)51(32)33/h3-30H,1-2H3. The van der Waals surface area contributed by atoms with Crippen LogP contribution in [0.3, 0.4) is 0 Å². The molecule has 0 unspecified atom stereocenters. The number of hydrogen-bond donors (Lipinski definition) is 0. The first-order valence-corrected chi connectivity index (χ1v) is 19.7. The van der Waals surface area contributed by atoms with Crippen molar-refractivity contribution in [3.63, 3.8) is 0 Å². The Morgan fingerprint density at radius 1 is 0.333 bits per heavy atom. The Kier molecular flexibility index (Phi) is 6.09. The molecule has 1 heteroatoms. The van der Waals surface area contributed by atoms with Gasteiger partial charge in [-0.2, -0.15) is 0 Å². The molecule has 10 aromatic carbocycles. The van der Waals surface area contributed by atoms with Gasteiger partial charge in [0.05, 0.1) is 0 Å². The van der Waals surface area contributed by atoms with Crippen molar-refractivity contribution in [2.45, 2.75) is 19.3 Å². The summed E-state index contributed by atoms with van der Waals surface area (Å²) in [6, 6.07) is 64.2. The summed E-state index contributed by atoms with van der Waals surface area (Å²) in [6.45, 7) is 4.80. The number of thiophene rings is 1. The summed E-state index contributed by atoms with van der Waals surface area (Å²) in [7, 11) is 0. The Balaban J connectivity index is 0.940. The van der Waals surface area contributed by atoms with Gasteiger partial charge in [-0.1, -0.05) is 141 Å². The first-order valence-electron chi connectivity index (χ1n) is 18.9. The molecule has 0 amide bonds. The van der Waals surface area contributed by atoms with Crippen LogP contribution in [0.1, 0.15) is 25.0 Å². The van der Waals surface area contributed by atoms with Crippen LogP contribution in [0.25, 0.3) is 108 Å². The van der Waals surface area contributed by atoms with E-state index < -0.39 is 0 Å². The number of fused-ring (bicyclic) bond motifs is 7. The van der Waals surface area contributed by atoms with Crippen molar-refractivity contribution in [3.8, 4) is 44.5 Å². The summed E-state index contributed by atoms with van der Waals surface area (Å²) in [6.07, 6.45) is 0. The minimum atomic E-state index is -0.131. The highest BCUT2D eigenvalue weighted by Crippen LogP contribution is 2.51. The third kappa shape index (κ3) is 4.25. The Hall–Kier alpha value is -6.28. The zero-order valence-corrected chi connectivity index (χ0v) is 30.9. The predicted octanol–water partition coefficient (Wildman–Crippen LogP) is 15.4. The molecule has 11 aromatic rings. The Labute approximate surface area is 317 Å². The molecule has 1 aliphatic carbocycles. The smallest absolute Gasteiger partial charge is 0.0355 e. The van der Waals surface area contributed by atoms with E-state index in [1.165, 1.54) is 119 Å². The molecule has 0 radical (unpaired) electrons. The van der Waals surface area contributed by atoms with Gasteiger partial charge in [-0.15, -0.1) is 11.3 Å². The third-order valence-corrected chi connectivity index (χ3v) is 13.6. The molecule has 0 aliphatic heterocycles. The van der Waals surface area contributed by atoms with Gasteiger partial charge < -0.3 is 0 Å². The van der Waals surface area contributed by atoms with Crippen LogP contribution in [0.15, 0.2) is 170 Å². The summed E-state index contributed by atoms with van der Waals surface area (Å²) < 4.78 is 2.66. The highest BCUT2D eigenvalue weighted by Gasteiger charge is 2.36. The molecule has 0 N–H and O–H groups in total. The van der Waals surface area contributed by atoms with Crippen LogP contribution < -0.4 is 0 Å². The van der Waals surface area contributed by atoms with Crippen LogP contribution in [0, 0.1) is 0 Å². The predicted molar refractivity (Wildman–Crippen MR) is 234 cm³/mol. The van der Waals surface area contributed by atoms with E-state index in [4.69, 9.17) is 0 Å². The highest BCUT2D eigenvalue weighted by molar-refractivity contribution is 7.25. The molecule has 1 aromatic heterocycles. The van der Waals surface area contributed by atoms with Crippen LogP contribution in [0.2, 0.25) is 0 Å². The second kappa shape index (κ2) is 10.9. The fourth-order valence-electron chi connectivity index (χ4n) is 9.58. The molecular formula is C53H34S. The molecule has 0 saturated heterocycles. The van der Waals surface area contributed by atoms with Gasteiger partial charge in [0, 0.05) is 25.6 Å². The maximum Gasteiger partial charge on any atom is 0.0355 e. The van der Waals surface area contributed by atoms with E-state index in [9.17, 15) is 0 Å². The zero-order chi connectivity index (χ0) is 35.7. The van der Waals surface area contributed by atoms with Crippen LogP contribution in [0.5, 0.6) is 0 Å². The first-order chi connectivity index (χ1) is 26.5. The Morgan fingerprint density at radius 3 is 1.54 bits per heavy atom. The van der Waals surface area contributed by atoms with Crippen molar-refractivity contribution in [1.82, 2.24) is 0 Å². The monoisotopic (exact) mass is 702 g/mol. The van der Waals surface area contributed by atoms with Crippen LogP contribution in [0.4, 0.5) is 0 Å². The average molecular weight is 703 g/mol. The fourth-order valence-corrected chi connectivity index (χ4v) is 10.6. The van der Waals surface area contributed by atoms with E-state index in [1.807, 2.05) is 11.3 Å². The maximum atomic E-state index is 2.47. The minimum Gasteiger partial charge on any atom is -0.135 e. The largest absolute Gasteiger partial charge is 0.135 e. The van der Waals surface area contributed by atoms with Gasteiger partial charge in [-0.25, -0.2) is 0 Å². The fraction of sp³-hybridized carbons (Fsp3) is 0.0566. The van der Waals surface area contributed by atoms with Crippen molar-refractivity contribution >= 4 is 74.6 Å². The minimum absolute atomic E-state index is 0.131. The van der Waals surface area contributed by atoms with Crippen molar-refractivity contribution in [3.05, 3.63) is 181 Å². The first kappa shape index (κ1) is 30.2. The van der Waals surface area contributed by atoms with E-state index in [0.29, 0.717) is 0 Å². The van der Waals surface area contributed by atoms with Gasteiger partial charge in [0.15, 0.2) is 0 Å². The van der Waals surface area contributed by atoms with Gasteiger partial charge >= 0.3 is 0 Å². The van der Waals surface area contributed by atoms with Crippen molar-refractivity contribution in [1.29, 1.82) is 0 Å². The van der Waals surface area contributed by atoms with Gasteiger partial charge in [0.2, 0.25) is 0 Å².